The Balaban J connectivity index is 1.67. The van der Waals surface area contributed by atoms with Gasteiger partial charge in [0.2, 0.25) is 11.8 Å². The lowest BCUT2D eigenvalue weighted by atomic mass is 9.78. The van der Waals surface area contributed by atoms with E-state index < -0.39 is 23.2 Å². The van der Waals surface area contributed by atoms with Crippen molar-refractivity contribution in [2.24, 2.45) is 11.1 Å². The number of piperidine rings is 1. The van der Waals surface area contributed by atoms with Gasteiger partial charge < -0.3 is 20.7 Å². The van der Waals surface area contributed by atoms with Gasteiger partial charge in [0, 0.05) is 30.9 Å². The number of aryl methyl sites for hydroxylation is 1. The molecule has 4 N–H and O–H groups in total. The summed E-state index contributed by atoms with van der Waals surface area (Å²) in [4.78, 5) is 39.3. The predicted octanol–water partition coefficient (Wildman–Crippen LogP) is 3.47. The van der Waals surface area contributed by atoms with Crippen LogP contribution in [0.1, 0.15) is 30.9 Å². The zero-order chi connectivity index (χ0) is 25.4. The lowest BCUT2D eigenvalue weighted by Crippen LogP contribution is -2.53. The molecular formula is C25H30ClFN4O4. The van der Waals surface area contributed by atoms with Crippen molar-refractivity contribution in [1.82, 2.24) is 10.2 Å². The molecule has 8 nitrogen and oxygen atoms in total. The number of hydrogen-bond donors (Lipinski definition) is 3. The molecule has 188 valence electrons. The van der Waals surface area contributed by atoms with Gasteiger partial charge in [-0.3, -0.25) is 14.9 Å². The maximum Gasteiger partial charge on any atom is 0.411 e. The van der Waals surface area contributed by atoms with Crippen LogP contribution in [-0.2, 0) is 27.3 Å². The molecule has 1 fully saturated rings. The quantitative estimate of drug-likeness (QED) is 0.509. The molecule has 0 unspecified atom stereocenters. The number of benzene rings is 2. The molecule has 10 heteroatoms. The van der Waals surface area contributed by atoms with Crippen LogP contribution in [-0.4, -0.2) is 49.0 Å². The van der Waals surface area contributed by atoms with Crippen molar-refractivity contribution in [3.8, 4) is 0 Å². The number of carbonyl (C=O) groups excluding carboxylic acids is 3. The lowest BCUT2D eigenvalue weighted by Gasteiger charge is -2.40. The van der Waals surface area contributed by atoms with Crippen LogP contribution in [0.2, 0.25) is 5.02 Å². The third kappa shape index (κ3) is 6.70. The van der Waals surface area contributed by atoms with Crippen molar-refractivity contribution in [1.29, 1.82) is 0 Å². The van der Waals surface area contributed by atoms with E-state index in [4.69, 9.17) is 22.1 Å². The van der Waals surface area contributed by atoms with Gasteiger partial charge in [0.25, 0.3) is 0 Å². The van der Waals surface area contributed by atoms with E-state index >= 15 is 0 Å². The first kappa shape index (κ1) is 26.4. The summed E-state index contributed by atoms with van der Waals surface area (Å²) >= 11 is 5.83. The largest absolute Gasteiger partial charge is 0.448 e. The first-order chi connectivity index (χ1) is 16.8. The molecule has 0 bridgehead atoms. The minimum atomic E-state index is -1.08. The van der Waals surface area contributed by atoms with Crippen LogP contribution in [0.15, 0.2) is 42.5 Å². The van der Waals surface area contributed by atoms with E-state index in [-0.39, 0.29) is 49.0 Å². The van der Waals surface area contributed by atoms with Crippen molar-refractivity contribution < 1.29 is 23.5 Å². The number of amides is 3. The lowest BCUT2D eigenvalue weighted by molar-refractivity contribution is -0.142. The summed E-state index contributed by atoms with van der Waals surface area (Å²) in [5, 5.41) is 5.37. The summed E-state index contributed by atoms with van der Waals surface area (Å²) < 4.78 is 19.7. The third-order valence-corrected chi connectivity index (χ3v) is 6.58. The molecule has 35 heavy (non-hydrogen) atoms. The van der Waals surface area contributed by atoms with Crippen LogP contribution in [0.4, 0.5) is 14.9 Å². The second-order valence-electron chi connectivity index (χ2n) is 8.51. The zero-order valence-electron chi connectivity index (χ0n) is 19.6. The second kappa shape index (κ2) is 12.0. The molecule has 2 aromatic carbocycles. The Kier molecular flexibility index (Phi) is 9.06. The highest BCUT2D eigenvalue weighted by Gasteiger charge is 2.43. The Morgan fingerprint density at radius 2 is 1.83 bits per heavy atom. The van der Waals surface area contributed by atoms with Gasteiger partial charge in [0.1, 0.15) is 12.4 Å². The first-order valence-electron chi connectivity index (χ1n) is 11.5. The molecule has 1 heterocycles. The normalized spacial score (nSPS) is 14.8. The van der Waals surface area contributed by atoms with Crippen molar-refractivity contribution in [3.63, 3.8) is 0 Å². The summed E-state index contributed by atoms with van der Waals surface area (Å²) in [7, 11) is 0. The highest BCUT2D eigenvalue weighted by Crippen LogP contribution is 2.33. The number of nitrogens with two attached hydrogens (primary N) is 1. The van der Waals surface area contributed by atoms with Crippen LogP contribution in [0.5, 0.6) is 0 Å². The maximum absolute atomic E-state index is 14.3. The number of halogens is 2. The highest BCUT2D eigenvalue weighted by molar-refractivity contribution is 6.30. The third-order valence-electron chi connectivity index (χ3n) is 6.29. The van der Waals surface area contributed by atoms with E-state index in [0.29, 0.717) is 18.8 Å². The topological polar surface area (TPSA) is 114 Å². The molecule has 0 saturated carbocycles. The van der Waals surface area contributed by atoms with E-state index in [0.717, 1.165) is 12.0 Å². The molecule has 3 amide bonds. The number of ether oxygens (including phenoxy) is 1. The minimum Gasteiger partial charge on any atom is -0.448 e. The van der Waals surface area contributed by atoms with Crippen molar-refractivity contribution in [3.05, 3.63) is 64.4 Å². The van der Waals surface area contributed by atoms with E-state index in [1.54, 1.807) is 23.1 Å². The molecular weight excluding hydrogens is 475 g/mol. The number of rotatable bonds is 8. The Morgan fingerprint density at radius 3 is 2.46 bits per heavy atom. The van der Waals surface area contributed by atoms with Gasteiger partial charge in [0.05, 0.1) is 17.0 Å². The summed E-state index contributed by atoms with van der Waals surface area (Å²) in [5.74, 6) is -1.21. The predicted molar refractivity (Wildman–Crippen MR) is 131 cm³/mol. The Labute approximate surface area is 208 Å². The van der Waals surface area contributed by atoms with Crippen LogP contribution in [0, 0.1) is 11.2 Å². The van der Waals surface area contributed by atoms with Crippen LogP contribution in [0.25, 0.3) is 0 Å². The smallest absolute Gasteiger partial charge is 0.411 e. The average Bonchev–Trinajstić information content (AvgIpc) is 2.88. The van der Waals surface area contributed by atoms with Gasteiger partial charge in [-0.15, -0.1) is 0 Å². The highest BCUT2D eigenvalue weighted by atomic mass is 35.5. The number of likely N-dealkylation sites (tertiary alicyclic amines) is 1. The van der Waals surface area contributed by atoms with E-state index in [9.17, 15) is 18.8 Å². The Morgan fingerprint density at radius 1 is 1.14 bits per heavy atom. The molecule has 1 aliphatic heterocycles. The summed E-state index contributed by atoms with van der Waals surface area (Å²) in [5.41, 5.74) is 6.33. The Hall–Kier alpha value is -3.17. The Bertz CT molecular complexity index is 1060. The van der Waals surface area contributed by atoms with Gasteiger partial charge in [-0.05, 0) is 43.0 Å². The van der Waals surface area contributed by atoms with Gasteiger partial charge in [-0.25, -0.2) is 9.18 Å². The van der Waals surface area contributed by atoms with Crippen molar-refractivity contribution >= 4 is 35.2 Å². The first-order valence-corrected chi connectivity index (χ1v) is 11.9. The van der Waals surface area contributed by atoms with Gasteiger partial charge >= 0.3 is 6.09 Å². The number of carbonyl (C=O) groups is 3. The summed E-state index contributed by atoms with van der Waals surface area (Å²) in [6.07, 6.45) is 0.718. The number of nitrogens with zero attached hydrogens (tertiary/aromatic N) is 1. The van der Waals surface area contributed by atoms with Crippen LogP contribution >= 0.6 is 11.6 Å². The standard InChI is InChI=1S/C25H30ClFN4O4/c1-2-17-6-8-19(9-7-17)30-24(34)35-16-25(10-12-31(13-11-25)21(32)14-28)23(33)29-15-18-4-3-5-20(26)22(18)27/h3-9H,2,10-16,28H2,1H3,(H,29,33)(H,30,34). The molecule has 0 spiro atoms. The van der Waals surface area contributed by atoms with Crippen LogP contribution in [0.3, 0.4) is 0 Å². The monoisotopic (exact) mass is 504 g/mol. The maximum atomic E-state index is 14.3. The fourth-order valence-electron chi connectivity index (χ4n) is 3.98. The van der Waals surface area contributed by atoms with Gasteiger partial charge in [0.15, 0.2) is 0 Å². The molecule has 0 radical (unpaired) electrons. The summed E-state index contributed by atoms with van der Waals surface area (Å²) in [6, 6.07) is 11.9. The molecule has 0 atom stereocenters. The SMILES string of the molecule is CCc1ccc(NC(=O)OCC2(C(=O)NCc3cccc(Cl)c3F)CCN(C(=O)CN)CC2)cc1. The van der Waals surface area contributed by atoms with Gasteiger partial charge in [-0.2, -0.15) is 0 Å². The van der Waals surface area contributed by atoms with Crippen LogP contribution < -0.4 is 16.4 Å². The number of anilines is 1. The number of hydrogen-bond acceptors (Lipinski definition) is 5. The fraction of sp³-hybridized carbons (Fsp3) is 0.400. The fourth-order valence-corrected chi connectivity index (χ4v) is 4.17. The summed E-state index contributed by atoms with van der Waals surface area (Å²) in [6.45, 7) is 2.23. The molecule has 2 aromatic rings. The van der Waals surface area contributed by atoms with E-state index in [2.05, 4.69) is 10.6 Å². The van der Waals surface area contributed by atoms with Gasteiger partial charge in [-0.1, -0.05) is 42.8 Å². The number of nitrogens with one attached hydrogen (secondary N) is 2. The molecule has 0 aliphatic carbocycles. The zero-order valence-corrected chi connectivity index (χ0v) is 20.4. The van der Waals surface area contributed by atoms with Crippen molar-refractivity contribution in [2.75, 3.05) is 31.6 Å². The van der Waals surface area contributed by atoms with E-state index in [1.165, 1.54) is 12.1 Å². The molecule has 1 aliphatic rings. The minimum absolute atomic E-state index is 0.0351. The average molecular weight is 505 g/mol. The molecule has 1 saturated heterocycles. The molecule has 3 rings (SSSR count). The second-order valence-corrected chi connectivity index (χ2v) is 8.92. The van der Waals surface area contributed by atoms with Crippen molar-refractivity contribution in [2.45, 2.75) is 32.7 Å². The van der Waals surface area contributed by atoms with E-state index in [1.807, 2.05) is 19.1 Å². The molecule has 0 aromatic heterocycles.